The SMILES string of the molecule is O=C(ON1C(=O)c2ccccc2C1=O)c1ncc(F)c2ccccc12. The number of nitrogens with zero attached hydrogens (tertiary/aromatic N) is 2. The minimum Gasteiger partial charge on any atom is -0.322 e. The first-order chi connectivity index (χ1) is 12.1. The van der Waals surface area contributed by atoms with Gasteiger partial charge in [0.05, 0.1) is 17.3 Å². The van der Waals surface area contributed by atoms with E-state index in [2.05, 4.69) is 4.98 Å². The molecule has 0 fully saturated rings. The van der Waals surface area contributed by atoms with Crippen molar-refractivity contribution < 1.29 is 23.6 Å². The second kappa shape index (κ2) is 5.48. The number of carbonyl (C=O) groups excluding carboxylic acids is 3. The molecule has 7 heteroatoms. The number of carbonyl (C=O) groups is 3. The molecule has 1 aromatic heterocycles. The van der Waals surface area contributed by atoms with E-state index in [-0.39, 0.29) is 27.6 Å². The molecule has 1 aliphatic heterocycles. The van der Waals surface area contributed by atoms with Gasteiger partial charge in [-0.05, 0) is 12.1 Å². The maximum Gasteiger partial charge on any atom is 0.382 e. The Bertz CT molecular complexity index is 1030. The standard InChI is InChI=1S/C18H9FN2O4/c19-14-9-20-15(11-6-2-1-5-10(11)14)18(24)25-21-16(22)12-7-3-4-8-13(12)17(21)23/h1-9H. The molecule has 2 amide bonds. The van der Waals surface area contributed by atoms with Gasteiger partial charge in [0.1, 0.15) is 5.82 Å². The minimum absolute atomic E-state index is 0.150. The molecule has 4 rings (SSSR count). The van der Waals surface area contributed by atoms with E-state index in [0.717, 1.165) is 6.20 Å². The molecule has 1 aliphatic rings. The highest BCUT2D eigenvalue weighted by molar-refractivity contribution is 6.21. The van der Waals surface area contributed by atoms with Crippen LogP contribution in [-0.4, -0.2) is 27.8 Å². The summed E-state index contributed by atoms with van der Waals surface area (Å²) in [6.07, 6.45) is 0.890. The fraction of sp³-hybridized carbons (Fsp3) is 0. The molecule has 0 spiro atoms. The maximum atomic E-state index is 13.8. The van der Waals surface area contributed by atoms with Crippen LogP contribution in [0.4, 0.5) is 4.39 Å². The topological polar surface area (TPSA) is 76.6 Å². The van der Waals surface area contributed by atoms with Crippen molar-refractivity contribution in [1.82, 2.24) is 10.0 Å². The van der Waals surface area contributed by atoms with Crippen LogP contribution in [0.25, 0.3) is 10.8 Å². The van der Waals surface area contributed by atoms with Crippen molar-refractivity contribution in [2.24, 2.45) is 0 Å². The Hall–Kier alpha value is -3.61. The number of rotatable bonds is 2. The number of halogens is 1. The van der Waals surface area contributed by atoms with E-state index in [1.165, 1.54) is 24.3 Å². The second-order valence-corrected chi connectivity index (χ2v) is 5.33. The van der Waals surface area contributed by atoms with Gasteiger partial charge in [-0.1, -0.05) is 41.5 Å². The number of hydrogen-bond donors (Lipinski definition) is 0. The molecule has 122 valence electrons. The Morgan fingerprint density at radius 3 is 2.12 bits per heavy atom. The van der Waals surface area contributed by atoms with Crippen molar-refractivity contribution in [1.29, 1.82) is 0 Å². The van der Waals surface area contributed by atoms with Gasteiger partial charge in [0.15, 0.2) is 5.69 Å². The number of amides is 2. The van der Waals surface area contributed by atoms with Crippen molar-refractivity contribution in [2.75, 3.05) is 0 Å². The zero-order chi connectivity index (χ0) is 17.6. The molecule has 0 radical (unpaired) electrons. The number of fused-ring (bicyclic) bond motifs is 2. The molecule has 0 N–H and O–H groups in total. The molecule has 0 atom stereocenters. The molecule has 2 heterocycles. The van der Waals surface area contributed by atoms with Gasteiger partial charge >= 0.3 is 5.97 Å². The molecule has 2 aromatic carbocycles. The van der Waals surface area contributed by atoms with Crippen LogP contribution in [0.5, 0.6) is 0 Å². The van der Waals surface area contributed by atoms with Crippen LogP contribution in [0.2, 0.25) is 0 Å². The van der Waals surface area contributed by atoms with Crippen molar-refractivity contribution in [3.63, 3.8) is 0 Å². The van der Waals surface area contributed by atoms with E-state index < -0.39 is 23.6 Å². The van der Waals surface area contributed by atoms with E-state index in [0.29, 0.717) is 5.06 Å². The lowest BCUT2D eigenvalue weighted by molar-refractivity contribution is -0.0587. The molecule has 0 aliphatic carbocycles. The predicted molar refractivity (Wildman–Crippen MR) is 84.1 cm³/mol. The molecular formula is C18H9FN2O4. The molecule has 0 unspecified atom stereocenters. The Labute approximate surface area is 140 Å². The van der Waals surface area contributed by atoms with Crippen LogP contribution in [-0.2, 0) is 4.84 Å². The fourth-order valence-electron chi connectivity index (χ4n) is 2.70. The molecular weight excluding hydrogens is 327 g/mol. The van der Waals surface area contributed by atoms with Gasteiger partial charge in [-0.25, -0.2) is 14.2 Å². The van der Waals surface area contributed by atoms with E-state index >= 15 is 0 Å². The zero-order valence-electron chi connectivity index (χ0n) is 12.6. The average Bonchev–Trinajstić information content (AvgIpc) is 2.87. The quantitative estimate of drug-likeness (QED) is 0.673. The van der Waals surface area contributed by atoms with E-state index in [4.69, 9.17) is 4.84 Å². The number of aromatic nitrogens is 1. The van der Waals surface area contributed by atoms with E-state index in [1.807, 2.05) is 0 Å². The van der Waals surface area contributed by atoms with Gasteiger partial charge in [-0.15, -0.1) is 0 Å². The van der Waals surface area contributed by atoms with Crippen LogP contribution < -0.4 is 0 Å². The van der Waals surface area contributed by atoms with Gasteiger partial charge < -0.3 is 4.84 Å². The monoisotopic (exact) mass is 336 g/mol. The molecule has 6 nitrogen and oxygen atoms in total. The van der Waals surface area contributed by atoms with Gasteiger partial charge in [-0.3, -0.25) is 9.59 Å². The number of imide groups is 1. The Morgan fingerprint density at radius 1 is 0.920 bits per heavy atom. The largest absolute Gasteiger partial charge is 0.382 e. The molecule has 3 aromatic rings. The van der Waals surface area contributed by atoms with Gasteiger partial charge in [0, 0.05) is 10.8 Å². The summed E-state index contributed by atoms with van der Waals surface area (Å²) in [6.45, 7) is 0. The lowest BCUT2D eigenvalue weighted by Gasteiger charge is -2.13. The average molecular weight is 336 g/mol. The number of benzene rings is 2. The summed E-state index contributed by atoms with van der Waals surface area (Å²) in [4.78, 5) is 45.6. The predicted octanol–water partition coefficient (Wildman–Crippen LogP) is 2.74. The normalized spacial score (nSPS) is 13.2. The molecule has 25 heavy (non-hydrogen) atoms. The van der Waals surface area contributed by atoms with Crippen LogP contribution >= 0.6 is 0 Å². The van der Waals surface area contributed by atoms with Crippen LogP contribution in [0, 0.1) is 5.82 Å². The molecule has 0 saturated heterocycles. The number of hydrogen-bond acceptors (Lipinski definition) is 5. The molecule has 0 bridgehead atoms. The fourth-order valence-corrected chi connectivity index (χ4v) is 2.70. The molecule has 0 saturated carbocycles. The summed E-state index contributed by atoms with van der Waals surface area (Å²) in [7, 11) is 0. The first kappa shape index (κ1) is 14.9. The van der Waals surface area contributed by atoms with Crippen molar-refractivity contribution in [3.8, 4) is 0 Å². The Morgan fingerprint density at radius 2 is 1.48 bits per heavy atom. The maximum absolute atomic E-state index is 13.8. The summed E-state index contributed by atoms with van der Waals surface area (Å²) in [5.41, 5.74) is 0.114. The lowest BCUT2D eigenvalue weighted by Crippen LogP contribution is -2.33. The third kappa shape index (κ3) is 2.25. The third-order valence-electron chi connectivity index (χ3n) is 3.87. The highest BCUT2D eigenvalue weighted by Crippen LogP contribution is 2.25. The summed E-state index contributed by atoms with van der Waals surface area (Å²) >= 11 is 0. The lowest BCUT2D eigenvalue weighted by atomic mass is 10.1. The summed E-state index contributed by atoms with van der Waals surface area (Å²) in [6, 6.07) is 12.4. The van der Waals surface area contributed by atoms with Crippen LogP contribution in [0.15, 0.2) is 54.7 Å². The number of hydroxylamine groups is 2. The Balaban J connectivity index is 1.70. The summed E-state index contributed by atoms with van der Waals surface area (Å²) in [5, 5.41) is 0.809. The highest BCUT2D eigenvalue weighted by atomic mass is 19.1. The van der Waals surface area contributed by atoms with Crippen molar-refractivity contribution >= 4 is 28.6 Å². The van der Waals surface area contributed by atoms with Gasteiger partial charge in [0.25, 0.3) is 11.8 Å². The smallest absolute Gasteiger partial charge is 0.322 e. The first-order valence-electron chi connectivity index (χ1n) is 7.31. The number of pyridine rings is 1. The van der Waals surface area contributed by atoms with Crippen molar-refractivity contribution in [3.05, 3.63) is 77.4 Å². The van der Waals surface area contributed by atoms with E-state index in [1.54, 1.807) is 24.3 Å². The van der Waals surface area contributed by atoms with Crippen LogP contribution in [0.3, 0.4) is 0 Å². The second-order valence-electron chi connectivity index (χ2n) is 5.33. The van der Waals surface area contributed by atoms with Crippen molar-refractivity contribution in [2.45, 2.75) is 0 Å². The first-order valence-corrected chi connectivity index (χ1v) is 7.31. The van der Waals surface area contributed by atoms with Gasteiger partial charge in [0.2, 0.25) is 0 Å². The third-order valence-corrected chi connectivity index (χ3v) is 3.87. The van der Waals surface area contributed by atoms with E-state index in [9.17, 15) is 18.8 Å². The minimum atomic E-state index is -1.02. The highest BCUT2D eigenvalue weighted by Gasteiger charge is 2.39. The van der Waals surface area contributed by atoms with Gasteiger partial charge in [-0.2, -0.15) is 0 Å². The van der Waals surface area contributed by atoms with Crippen LogP contribution in [0.1, 0.15) is 31.2 Å². The Kier molecular flexibility index (Phi) is 3.28. The summed E-state index contributed by atoms with van der Waals surface area (Å²) < 4.78 is 13.8. The zero-order valence-corrected chi connectivity index (χ0v) is 12.6. The summed E-state index contributed by atoms with van der Waals surface area (Å²) in [5.74, 6) is -3.08.